The maximum absolute atomic E-state index is 12.8. The second-order valence-corrected chi connectivity index (χ2v) is 8.50. The van der Waals surface area contributed by atoms with Gasteiger partial charge in [-0.3, -0.25) is 4.79 Å². The van der Waals surface area contributed by atoms with E-state index in [9.17, 15) is 4.79 Å². The lowest BCUT2D eigenvalue weighted by Gasteiger charge is -2.43. The molecule has 1 amide bonds. The number of methoxy groups -OCH3 is 2. The smallest absolute Gasteiger partial charge is 0.226 e. The summed E-state index contributed by atoms with van der Waals surface area (Å²) in [5.74, 6) is 2.08. The second-order valence-electron chi connectivity index (χ2n) is 8.50. The van der Waals surface area contributed by atoms with Gasteiger partial charge in [-0.15, -0.1) is 0 Å². The Morgan fingerprint density at radius 1 is 1.30 bits per heavy atom. The Labute approximate surface area is 177 Å². The Morgan fingerprint density at radius 3 is 3.00 bits per heavy atom. The van der Waals surface area contributed by atoms with Crippen LogP contribution in [0.4, 0.5) is 0 Å². The molecule has 2 fully saturated rings. The largest absolute Gasteiger partial charge is 0.497 e. The summed E-state index contributed by atoms with van der Waals surface area (Å²) in [4.78, 5) is 19.3. The van der Waals surface area contributed by atoms with Gasteiger partial charge >= 0.3 is 0 Å². The fraction of sp³-hybridized carbons (Fsp3) is 0.609. The van der Waals surface area contributed by atoms with E-state index in [0.29, 0.717) is 37.1 Å². The molecule has 7 nitrogen and oxygen atoms in total. The van der Waals surface area contributed by atoms with Gasteiger partial charge in [0, 0.05) is 44.0 Å². The van der Waals surface area contributed by atoms with Crippen LogP contribution >= 0.6 is 0 Å². The van der Waals surface area contributed by atoms with Gasteiger partial charge in [-0.1, -0.05) is 23.7 Å². The van der Waals surface area contributed by atoms with E-state index in [1.54, 1.807) is 7.11 Å². The number of carbonyl (C=O) groups is 1. The van der Waals surface area contributed by atoms with Crippen molar-refractivity contribution in [2.75, 3.05) is 27.3 Å². The highest BCUT2D eigenvalue weighted by Crippen LogP contribution is 2.46. The molecule has 1 saturated carbocycles. The van der Waals surface area contributed by atoms with Crippen LogP contribution in [0.1, 0.15) is 50.8 Å². The van der Waals surface area contributed by atoms with E-state index in [0.717, 1.165) is 37.2 Å². The van der Waals surface area contributed by atoms with Gasteiger partial charge in [0.05, 0.1) is 13.2 Å². The Morgan fingerprint density at radius 2 is 2.17 bits per heavy atom. The summed E-state index contributed by atoms with van der Waals surface area (Å²) in [6, 6.07) is 7.57. The van der Waals surface area contributed by atoms with Crippen LogP contribution in [0.5, 0.6) is 5.75 Å². The summed E-state index contributed by atoms with van der Waals surface area (Å²) in [5, 5.41) is 4.06. The molecule has 4 rings (SSSR count). The van der Waals surface area contributed by atoms with Crippen LogP contribution in [0.15, 0.2) is 28.8 Å². The molecule has 1 aromatic heterocycles. The minimum atomic E-state index is 0.167. The van der Waals surface area contributed by atoms with Gasteiger partial charge in [-0.05, 0) is 44.2 Å². The predicted octanol–water partition coefficient (Wildman–Crippen LogP) is 3.88. The number of aryl methyl sites for hydroxylation is 1. The lowest BCUT2D eigenvalue weighted by Crippen LogP contribution is -2.49. The first-order valence-electron chi connectivity index (χ1n) is 10.9. The van der Waals surface area contributed by atoms with E-state index >= 15 is 0 Å². The van der Waals surface area contributed by atoms with Crippen molar-refractivity contribution in [3.05, 3.63) is 30.2 Å². The van der Waals surface area contributed by atoms with Crippen LogP contribution in [-0.2, 0) is 16.0 Å². The van der Waals surface area contributed by atoms with Crippen LogP contribution in [0, 0.1) is 5.41 Å². The Balaban J connectivity index is 1.29. The third-order valence-corrected chi connectivity index (χ3v) is 6.65. The zero-order chi connectivity index (χ0) is 21.0. The first kappa shape index (κ1) is 20.8. The van der Waals surface area contributed by atoms with Crippen LogP contribution in [-0.4, -0.2) is 54.4 Å². The molecule has 1 aliphatic heterocycles. The SMILES string of the molecule is COc1cccc(-c2noc(CCCC(=O)N3CCC[C@]4(CCC[C@H]4OC)C3)n2)c1. The molecule has 2 aromatic rings. The van der Waals surface area contributed by atoms with E-state index in [2.05, 4.69) is 15.0 Å². The summed E-state index contributed by atoms with van der Waals surface area (Å²) in [6.07, 6.45) is 7.83. The highest BCUT2D eigenvalue weighted by atomic mass is 16.5. The van der Waals surface area contributed by atoms with E-state index in [-0.39, 0.29) is 11.3 Å². The summed E-state index contributed by atoms with van der Waals surface area (Å²) in [5.41, 5.74) is 1.02. The topological polar surface area (TPSA) is 77.7 Å². The summed E-state index contributed by atoms with van der Waals surface area (Å²) in [7, 11) is 3.44. The van der Waals surface area contributed by atoms with Gasteiger partial charge in [0.2, 0.25) is 17.6 Å². The molecule has 1 spiro atoms. The number of carbonyl (C=O) groups excluding carboxylic acids is 1. The summed E-state index contributed by atoms with van der Waals surface area (Å²) < 4.78 is 16.4. The molecule has 0 bridgehead atoms. The molecule has 162 valence electrons. The molecule has 2 atom stereocenters. The number of rotatable bonds is 7. The molecule has 2 aliphatic rings. The fourth-order valence-corrected chi connectivity index (χ4v) is 5.10. The first-order chi connectivity index (χ1) is 14.6. The minimum absolute atomic E-state index is 0.167. The third-order valence-electron chi connectivity index (χ3n) is 6.65. The second kappa shape index (κ2) is 9.16. The Bertz CT molecular complexity index is 868. The fourth-order valence-electron chi connectivity index (χ4n) is 5.10. The van der Waals surface area contributed by atoms with E-state index < -0.39 is 0 Å². The minimum Gasteiger partial charge on any atom is -0.497 e. The normalized spacial score (nSPS) is 23.8. The van der Waals surface area contributed by atoms with Gasteiger partial charge < -0.3 is 18.9 Å². The number of piperidine rings is 1. The van der Waals surface area contributed by atoms with Crippen LogP contribution < -0.4 is 4.74 Å². The number of likely N-dealkylation sites (tertiary alicyclic amines) is 1. The maximum atomic E-state index is 12.8. The molecular weight excluding hydrogens is 382 g/mol. The van der Waals surface area contributed by atoms with Gasteiger partial charge in [-0.2, -0.15) is 4.98 Å². The standard InChI is InChI=1S/C23H31N3O4/c1-28-18-8-3-7-17(15-18)22-24-20(30-25-22)10-4-11-21(27)26-14-6-13-23(16-26)12-5-9-19(23)29-2/h3,7-8,15,19H,4-6,9-14,16H2,1-2H3/t19-,23-/m1/s1. The average molecular weight is 414 g/mol. The number of nitrogens with zero attached hydrogens (tertiary/aromatic N) is 3. The Hall–Kier alpha value is -2.41. The van der Waals surface area contributed by atoms with E-state index in [1.165, 1.54) is 19.3 Å². The number of benzene rings is 1. The number of hydrogen-bond donors (Lipinski definition) is 0. The number of hydrogen-bond acceptors (Lipinski definition) is 6. The number of amides is 1. The van der Waals surface area contributed by atoms with Gasteiger partial charge in [0.25, 0.3) is 0 Å². The summed E-state index contributed by atoms with van der Waals surface area (Å²) >= 11 is 0. The lowest BCUT2D eigenvalue weighted by atomic mass is 9.76. The van der Waals surface area contributed by atoms with Crippen molar-refractivity contribution >= 4 is 5.91 Å². The molecule has 7 heteroatoms. The van der Waals surface area contributed by atoms with Gasteiger partial charge in [0.1, 0.15) is 5.75 Å². The van der Waals surface area contributed by atoms with Crippen molar-refractivity contribution in [2.24, 2.45) is 5.41 Å². The zero-order valence-corrected chi connectivity index (χ0v) is 17.9. The molecular formula is C23H31N3O4. The zero-order valence-electron chi connectivity index (χ0n) is 17.9. The molecule has 0 radical (unpaired) electrons. The van der Waals surface area contributed by atoms with Gasteiger partial charge in [-0.25, -0.2) is 0 Å². The molecule has 2 heterocycles. The predicted molar refractivity (Wildman–Crippen MR) is 112 cm³/mol. The monoisotopic (exact) mass is 413 g/mol. The van der Waals surface area contributed by atoms with Crippen molar-refractivity contribution in [2.45, 2.75) is 57.5 Å². The average Bonchev–Trinajstić information content (AvgIpc) is 3.41. The maximum Gasteiger partial charge on any atom is 0.226 e. The first-order valence-corrected chi connectivity index (χ1v) is 10.9. The number of aromatic nitrogens is 2. The highest BCUT2D eigenvalue weighted by molar-refractivity contribution is 5.76. The van der Waals surface area contributed by atoms with E-state index in [1.807, 2.05) is 31.4 Å². The highest BCUT2D eigenvalue weighted by Gasteiger charge is 2.46. The van der Waals surface area contributed by atoms with Crippen LogP contribution in [0.3, 0.4) is 0 Å². The third kappa shape index (κ3) is 4.36. The molecule has 0 unspecified atom stereocenters. The van der Waals surface area contributed by atoms with E-state index in [4.69, 9.17) is 14.0 Å². The van der Waals surface area contributed by atoms with Crippen molar-refractivity contribution in [1.29, 1.82) is 0 Å². The number of ether oxygens (including phenoxy) is 2. The molecule has 1 saturated heterocycles. The Kier molecular flexibility index (Phi) is 6.37. The molecule has 30 heavy (non-hydrogen) atoms. The summed E-state index contributed by atoms with van der Waals surface area (Å²) in [6.45, 7) is 1.70. The van der Waals surface area contributed by atoms with Crippen LogP contribution in [0.25, 0.3) is 11.4 Å². The molecule has 1 aromatic carbocycles. The van der Waals surface area contributed by atoms with Gasteiger partial charge in [0.15, 0.2) is 0 Å². The van der Waals surface area contributed by atoms with Crippen molar-refractivity contribution in [3.63, 3.8) is 0 Å². The molecule has 0 N–H and O–H groups in total. The lowest BCUT2D eigenvalue weighted by molar-refractivity contribution is -0.137. The molecule has 1 aliphatic carbocycles. The quantitative estimate of drug-likeness (QED) is 0.686. The van der Waals surface area contributed by atoms with Crippen molar-refractivity contribution in [1.82, 2.24) is 15.0 Å². The van der Waals surface area contributed by atoms with Crippen LogP contribution in [0.2, 0.25) is 0 Å². The van der Waals surface area contributed by atoms with Crippen molar-refractivity contribution < 1.29 is 18.8 Å². The van der Waals surface area contributed by atoms with Crippen molar-refractivity contribution in [3.8, 4) is 17.1 Å².